The zero-order valence-corrected chi connectivity index (χ0v) is 12.0. The molecule has 0 bridgehead atoms. The molecule has 110 valence electrons. The third-order valence-electron chi connectivity index (χ3n) is 3.76. The molecule has 2 amide bonds. The minimum absolute atomic E-state index is 0.156. The molecule has 0 radical (unpaired) electrons. The van der Waals surface area contributed by atoms with Crippen molar-refractivity contribution in [3.8, 4) is 5.75 Å². The lowest BCUT2D eigenvalue weighted by Gasteiger charge is -2.34. The van der Waals surface area contributed by atoms with Crippen LogP contribution in [0, 0.1) is 0 Å². The predicted molar refractivity (Wildman–Crippen MR) is 78.6 cm³/mol. The Balaban J connectivity index is 1.96. The van der Waals surface area contributed by atoms with Gasteiger partial charge in [0.25, 0.3) is 0 Å². The first-order valence-electron chi connectivity index (χ1n) is 6.86. The van der Waals surface area contributed by atoms with E-state index >= 15 is 0 Å². The van der Waals surface area contributed by atoms with Crippen molar-refractivity contribution in [2.24, 2.45) is 4.99 Å². The van der Waals surface area contributed by atoms with Crippen LogP contribution in [0.4, 0.5) is 11.4 Å². The summed E-state index contributed by atoms with van der Waals surface area (Å²) < 4.78 is 5.93. The van der Waals surface area contributed by atoms with Crippen LogP contribution in [-0.2, 0) is 9.59 Å². The topological polar surface area (TPSA) is 85.0 Å². The number of nitrogens with zero attached hydrogens (tertiary/aromatic N) is 2. The fourth-order valence-electron chi connectivity index (χ4n) is 2.50. The largest absolute Gasteiger partial charge is 0.480 e. The lowest BCUT2D eigenvalue weighted by atomic mass is 9.99. The van der Waals surface area contributed by atoms with E-state index in [-0.39, 0.29) is 31.2 Å². The number of rotatable bonds is 2. The fourth-order valence-corrected chi connectivity index (χ4v) is 2.50. The van der Waals surface area contributed by atoms with Crippen molar-refractivity contribution >= 4 is 28.9 Å². The van der Waals surface area contributed by atoms with E-state index in [0.717, 1.165) is 0 Å². The van der Waals surface area contributed by atoms with Gasteiger partial charge in [0, 0.05) is 18.5 Å². The van der Waals surface area contributed by atoms with Crippen LogP contribution in [0.3, 0.4) is 0 Å². The molecule has 0 atom stereocenters. The van der Waals surface area contributed by atoms with Crippen molar-refractivity contribution in [1.82, 2.24) is 4.90 Å². The summed E-state index contributed by atoms with van der Waals surface area (Å²) in [6.07, 6.45) is 0.549. The standard InChI is InChI=1S/C15H17N3O3/c1-15(2)12(8-18-13(19)5-6-14(18)20)17-10-7-9(16)3-4-11(10)21-15/h3-4,7H,5-6,8,16H2,1-2H3. The summed E-state index contributed by atoms with van der Waals surface area (Å²) in [6, 6.07) is 5.25. The number of anilines is 1. The number of amides is 2. The van der Waals surface area contributed by atoms with Gasteiger partial charge in [-0.3, -0.25) is 14.5 Å². The van der Waals surface area contributed by atoms with Gasteiger partial charge in [0.15, 0.2) is 0 Å². The maximum atomic E-state index is 11.8. The van der Waals surface area contributed by atoms with Gasteiger partial charge in [-0.15, -0.1) is 0 Å². The molecule has 6 nitrogen and oxygen atoms in total. The second-order valence-electron chi connectivity index (χ2n) is 5.77. The number of benzene rings is 1. The Morgan fingerprint density at radius 1 is 1.29 bits per heavy atom. The molecule has 2 aliphatic heterocycles. The van der Waals surface area contributed by atoms with Crippen molar-refractivity contribution in [2.45, 2.75) is 32.3 Å². The van der Waals surface area contributed by atoms with Crippen molar-refractivity contribution in [1.29, 1.82) is 0 Å². The molecule has 0 aromatic heterocycles. The zero-order chi connectivity index (χ0) is 15.2. The molecule has 1 aromatic carbocycles. The van der Waals surface area contributed by atoms with Crippen LogP contribution in [-0.4, -0.2) is 34.6 Å². The third kappa shape index (κ3) is 2.37. The summed E-state index contributed by atoms with van der Waals surface area (Å²) in [5, 5.41) is 0. The number of carbonyl (C=O) groups is 2. The molecule has 2 N–H and O–H groups in total. The lowest BCUT2D eigenvalue weighted by molar-refractivity contribution is -0.137. The Labute approximate surface area is 122 Å². The molecule has 3 rings (SSSR count). The Bertz CT molecular complexity index is 648. The van der Waals surface area contributed by atoms with Crippen LogP contribution >= 0.6 is 0 Å². The molecular formula is C15H17N3O3. The number of carbonyl (C=O) groups excluding carboxylic acids is 2. The van der Waals surface area contributed by atoms with E-state index in [1.54, 1.807) is 18.2 Å². The van der Waals surface area contributed by atoms with Crippen LogP contribution in [0.2, 0.25) is 0 Å². The molecule has 1 fully saturated rings. The predicted octanol–water partition coefficient (Wildman–Crippen LogP) is 1.66. The van der Waals surface area contributed by atoms with E-state index < -0.39 is 5.60 Å². The highest BCUT2D eigenvalue weighted by molar-refractivity contribution is 6.07. The number of nitrogens with two attached hydrogens (primary N) is 1. The quantitative estimate of drug-likeness (QED) is 0.662. The van der Waals surface area contributed by atoms with Crippen molar-refractivity contribution in [3.63, 3.8) is 0 Å². The molecule has 1 aromatic rings. The van der Waals surface area contributed by atoms with E-state index in [0.29, 0.717) is 22.8 Å². The number of nitrogen functional groups attached to an aromatic ring is 1. The first-order valence-corrected chi connectivity index (χ1v) is 6.86. The van der Waals surface area contributed by atoms with Gasteiger partial charge in [0.2, 0.25) is 11.8 Å². The summed E-state index contributed by atoms with van der Waals surface area (Å²) in [5.74, 6) is 0.339. The van der Waals surface area contributed by atoms with Crippen molar-refractivity contribution in [2.75, 3.05) is 12.3 Å². The van der Waals surface area contributed by atoms with Gasteiger partial charge >= 0.3 is 0 Å². The van der Waals surface area contributed by atoms with Crippen LogP contribution in [0.15, 0.2) is 23.2 Å². The molecular weight excluding hydrogens is 270 g/mol. The maximum absolute atomic E-state index is 11.8. The van der Waals surface area contributed by atoms with Gasteiger partial charge in [-0.1, -0.05) is 0 Å². The summed E-state index contributed by atoms with van der Waals surface area (Å²) in [6.45, 7) is 3.91. The molecule has 0 spiro atoms. The minimum atomic E-state index is -0.674. The molecule has 2 heterocycles. The Morgan fingerprint density at radius 2 is 1.95 bits per heavy atom. The zero-order valence-electron chi connectivity index (χ0n) is 12.0. The summed E-state index contributed by atoms with van der Waals surface area (Å²) in [5.41, 5.74) is 6.95. The van der Waals surface area contributed by atoms with Gasteiger partial charge in [0.05, 0.1) is 12.3 Å². The van der Waals surface area contributed by atoms with E-state index in [4.69, 9.17) is 10.5 Å². The van der Waals surface area contributed by atoms with E-state index in [2.05, 4.69) is 4.99 Å². The number of likely N-dealkylation sites (tertiary alicyclic amines) is 1. The third-order valence-corrected chi connectivity index (χ3v) is 3.76. The van der Waals surface area contributed by atoms with Gasteiger partial charge in [-0.05, 0) is 32.0 Å². The highest BCUT2D eigenvalue weighted by Crippen LogP contribution is 2.37. The molecule has 0 aliphatic carbocycles. The van der Waals surface area contributed by atoms with Crippen LogP contribution in [0.5, 0.6) is 5.75 Å². The smallest absolute Gasteiger partial charge is 0.230 e. The molecule has 6 heteroatoms. The minimum Gasteiger partial charge on any atom is -0.480 e. The second kappa shape index (κ2) is 4.58. The maximum Gasteiger partial charge on any atom is 0.230 e. The number of fused-ring (bicyclic) bond motifs is 1. The van der Waals surface area contributed by atoms with Gasteiger partial charge < -0.3 is 10.5 Å². The van der Waals surface area contributed by atoms with E-state index in [9.17, 15) is 9.59 Å². The first kappa shape index (κ1) is 13.6. The second-order valence-corrected chi connectivity index (χ2v) is 5.77. The average Bonchev–Trinajstić information content (AvgIpc) is 2.71. The molecule has 2 aliphatic rings. The molecule has 1 saturated heterocycles. The molecule has 21 heavy (non-hydrogen) atoms. The number of imide groups is 1. The van der Waals surface area contributed by atoms with E-state index in [1.165, 1.54) is 4.90 Å². The Hall–Kier alpha value is -2.37. The number of ether oxygens (including phenoxy) is 1. The van der Waals surface area contributed by atoms with Gasteiger partial charge in [0.1, 0.15) is 17.0 Å². The number of aliphatic imine (C=N–C) groups is 1. The fraction of sp³-hybridized carbons (Fsp3) is 0.400. The first-order chi connectivity index (χ1) is 9.87. The molecule has 0 unspecified atom stereocenters. The average molecular weight is 287 g/mol. The van der Waals surface area contributed by atoms with Crippen LogP contribution in [0.1, 0.15) is 26.7 Å². The Morgan fingerprint density at radius 3 is 2.62 bits per heavy atom. The highest BCUT2D eigenvalue weighted by Gasteiger charge is 2.37. The number of hydrogen-bond acceptors (Lipinski definition) is 5. The highest BCUT2D eigenvalue weighted by atomic mass is 16.5. The normalized spacial score (nSPS) is 20.1. The number of hydrogen-bond donors (Lipinski definition) is 1. The van der Waals surface area contributed by atoms with Gasteiger partial charge in [-0.2, -0.15) is 0 Å². The summed E-state index contributed by atoms with van der Waals surface area (Å²) in [4.78, 5) is 29.3. The van der Waals surface area contributed by atoms with Crippen LogP contribution in [0.25, 0.3) is 0 Å². The summed E-state index contributed by atoms with van der Waals surface area (Å²) in [7, 11) is 0. The summed E-state index contributed by atoms with van der Waals surface area (Å²) >= 11 is 0. The van der Waals surface area contributed by atoms with Crippen LogP contribution < -0.4 is 10.5 Å². The monoisotopic (exact) mass is 287 g/mol. The Kier molecular flexibility index (Phi) is 2.97. The van der Waals surface area contributed by atoms with Gasteiger partial charge in [-0.25, -0.2) is 4.99 Å². The van der Waals surface area contributed by atoms with Crippen molar-refractivity contribution < 1.29 is 14.3 Å². The SMILES string of the molecule is CC1(C)Oc2ccc(N)cc2N=C1CN1C(=O)CCC1=O. The van der Waals surface area contributed by atoms with Crippen molar-refractivity contribution in [3.05, 3.63) is 18.2 Å². The molecule has 0 saturated carbocycles. The lowest BCUT2D eigenvalue weighted by Crippen LogP contribution is -2.47. The van der Waals surface area contributed by atoms with E-state index in [1.807, 2.05) is 13.8 Å².